The van der Waals surface area contributed by atoms with Crippen LogP contribution < -0.4 is 0 Å². The third kappa shape index (κ3) is 2.76. The number of carbonyl (C=O) groups is 1. The molecule has 1 aromatic rings. The van der Waals surface area contributed by atoms with E-state index < -0.39 is 0 Å². The Hall–Kier alpha value is -0.710. The molecule has 2 rings (SSSR count). The van der Waals surface area contributed by atoms with Gasteiger partial charge in [0.05, 0.1) is 5.02 Å². The molecule has 6 heteroatoms. The fourth-order valence-corrected chi connectivity index (χ4v) is 2.40. The van der Waals surface area contributed by atoms with Crippen molar-refractivity contribution in [1.29, 1.82) is 0 Å². The van der Waals surface area contributed by atoms with E-state index in [0.717, 1.165) is 12.8 Å². The number of nitrogens with zero attached hydrogens (tertiary/aromatic N) is 1. The molecular formula is C11H14Cl2N2O2. The molecule has 1 aliphatic heterocycles. The maximum absolute atomic E-state index is 12.1. The first kappa shape index (κ1) is 12.7. The van der Waals surface area contributed by atoms with Crippen LogP contribution in [0.3, 0.4) is 0 Å². The number of carbonyl (C=O) groups excluding carboxylic acids is 1. The number of rotatable bonds is 2. The van der Waals surface area contributed by atoms with Gasteiger partial charge in [-0.05, 0) is 24.8 Å². The van der Waals surface area contributed by atoms with E-state index in [1.54, 1.807) is 4.90 Å². The van der Waals surface area contributed by atoms with Gasteiger partial charge in [0.2, 0.25) is 0 Å². The maximum atomic E-state index is 12.1. The molecule has 1 fully saturated rings. The second-order valence-corrected chi connectivity index (χ2v) is 5.07. The molecule has 94 valence electrons. The van der Waals surface area contributed by atoms with Crippen LogP contribution in [0.25, 0.3) is 0 Å². The highest BCUT2D eigenvalue weighted by molar-refractivity contribution is 6.41. The minimum Gasteiger partial charge on any atom is -0.396 e. The summed E-state index contributed by atoms with van der Waals surface area (Å²) in [4.78, 5) is 16.6. The summed E-state index contributed by atoms with van der Waals surface area (Å²) < 4.78 is 0. The van der Waals surface area contributed by atoms with Gasteiger partial charge in [-0.1, -0.05) is 23.2 Å². The van der Waals surface area contributed by atoms with Crippen LogP contribution in [0.1, 0.15) is 23.3 Å². The Morgan fingerprint density at radius 3 is 2.94 bits per heavy atom. The van der Waals surface area contributed by atoms with E-state index in [9.17, 15) is 4.79 Å². The van der Waals surface area contributed by atoms with Crippen LogP contribution in [0, 0.1) is 5.92 Å². The highest BCUT2D eigenvalue weighted by Gasteiger charge is 2.25. The fraction of sp³-hybridized carbons (Fsp3) is 0.545. The lowest BCUT2D eigenvalue weighted by Gasteiger charge is -2.31. The summed E-state index contributed by atoms with van der Waals surface area (Å²) in [7, 11) is 0. The van der Waals surface area contributed by atoms with Gasteiger partial charge in [0.25, 0.3) is 5.91 Å². The maximum Gasteiger partial charge on any atom is 0.270 e. The van der Waals surface area contributed by atoms with Crippen molar-refractivity contribution in [2.24, 2.45) is 5.92 Å². The number of hydrogen-bond donors (Lipinski definition) is 2. The molecule has 1 aliphatic rings. The summed E-state index contributed by atoms with van der Waals surface area (Å²) >= 11 is 11.6. The Kier molecular flexibility index (Phi) is 3.97. The van der Waals surface area contributed by atoms with Crippen LogP contribution in [0.4, 0.5) is 0 Å². The smallest absolute Gasteiger partial charge is 0.270 e. The molecule has 4 nitrogen and oxygen atoms in total. The van der Waals surface area contributed by atoms with Gasteiger partial charge in [0.1, 0.15) is 10.8 Å². The van der Waals surface area contributed by atoms with Crippen LogP contribution >= 0.6 is 23.2 Å². The summed E-state index contributed by atoms with van der Waals surface area (Å²) in [5.74, 6) is 0.0607. The first-order valence-electron chi connectivity index (χ1n) is 5.56. The second-order valence-electron chi connectivity index (χ2n) is 4.29. The molecule has 1 amide bonds. The number of likely N-dealkylation sites (tertiary alicyclic amines) is 1. The molecule has 1 unspecified atom stereocenters. The zero-order valence-electron chi connectivity index (χ0n) is 9.25. The fourth-order valence-electron chi connectivity index (χ4n) is 2.09. The SMILES string of the molecule is O=C(c1cc(Cl)c(Cl)[nH]1)N1CCCC(CO)C1. The van der Waals surface area contributed by atoms with Gasteiger partial charge >= 0.3 is 0 Å². The predicted octanol–water partition coefficient (Wildman–Crippen LogP) is 2.17. The van der Waals surface area contributed by atoms with Crippen LogP contribution in [-0.4, -0.2) is 40.6 Å². The topological polar surface area (TPSA) is 56.3 Å². The molecule has 0 radical (unpaired) electrons. The number of aliphatic hydroxyl groups excluding tert-OH is 1. The first-order valence-corrected chi connectivity index (χ1v) is 6.31. The molecular weight excluding hydrogens is 263 g/mol. The van der Waals surface area contributed by atoms with Gasteiger partial charge in [0.15, 0.2) is 0 Å². The average Bonchev–Trinajstić information content (AvgIpc) is 2.69. The number of piperidine rings is 1. The molecule has 0 saturated carbocycles. The van der Waals surface area contributed by atoms with Crippen molar-refractivity contribution < 1.29 is 9.90 Å². The minimum absolute atomic E-state index is 0.114. The molecule has 17 heavy (non-hydrogen) atoms. The number of aliphatic hydroxyl groups is 1. The summed E-state index contributed by atoms with van der Waals surface area (Å²) in [5.41, 5.74) is 0.401. The second kappa shape index (κ2) is 5.29. The lowest BCUT2D eigenvalue weighted by atomic mass is 9.99. The normalized spacial score (nSPS) is 20.6. The van der Waals surface area contributed by atoms with Crippen LogP contribution in [-0.2, 0) is 0 Å². The van der Waals surface area contributed by atoms with Gasteiger partial charge < -0.3 is 15.0 Å². The van der Waals surface area contributed by atoms with Gasteiger partial charge in [-0.15, -0.1) is 0 Å². The molecule has 0 bridgehead atoms. The number of nitrogens with one attached hydrogen (secondary N) is 1. The largest absolute Gasteiger partial charge is 0.396 e. The molecule has 1 saturated heterocycles. The Morgan fingerprint density at radius 2 is 2.35 bits per heavy atom. The van der Waals surface area contributed by atoms with Crippen LogP contribution in [0.15, 0.2) is 6.07 Å². The number of aromatic amines is 1. The molecule has 2 N–H and O–H groups in total. The number of amides is 1. The zero-order chi connectivity index (χ0) is 12.4. The number of halogens is 2. The predicted molar refractivity (Wildman–Crippen MR) is 66.5 cm³/mol. The van der Waals surface area contributed by atoms with E-state index in [2.05, 4.69) is 4.98 Å². The van der Waals surface area contributed by atoms with Crippen molar-refractivity contribution in [2.75, 3.05) is 19.7 Å². The van der Waals surface area contributed by atoms with Crippen molar-refractivity contribution in [3.63, 3.8) is 0 Å². The van der Waals surface area contributed by atoms with E-state index in [0.29, 0.717) is 23.8 Å². The van der Waals surface area contributed by atoms with Gasteiger partial charge in [-0.2, -0.15) is 0 Å². The standard InChI is InChI=1S/C11H14Cl2N2O2/c12-8-4-9(14-10(8)13)11(17)15-3-1-2-7(5-15)6-16/h4,7,14,16H,1-3,5-6H2. The molecule has 0 aromatic carbocycles. The Labute approximate surface area is 110 Å². The Balaban J connectivity index is 2.09. The van der Waals surface area contributed by atoms with Crippen molar-refractivity contribution in [3.8, 4) is 0 Å². The zero-order valence-corrected chi connectivity index (χ0v) is 10.8. The molecule has 2 heterocycles. The van der Waals surface area contributed by atoms with Gasteiger partial charge in [-0.25, -0.2) is 0 Å². The number of hydrogen-bond acceptors (Lipinski definition) is 2. The monoisotopic (exact) mass is 276 g/mol. The minimum atomic E-state index is -0.114. The lowest BCUT2D eigenvalue weighted by Crippen LogP contribution is -2.41. The van der Waals surface area contributed by atoms with Gasteiger partial charge in [0, 0.05) is 19.7 Å². The Morgan fingerprint density at radius 1 is 1.59 bits per heavy atom. The van der Waals surface area contributed by atoms with Crippen molar-refractivity contribution in [2.45, 2.75) is 12.8 Å². The lowest BCUT2D eigenvalue weighted by molar-refractivity contribution is 0.0615. The quantitative estimate of drug-likeness (QED) is 0.870. The van der Waals surface area contributed by atoms with Crippen molar-refractivity contribution in [1.82, 2.24) is 9.88 Å². The molecule has 1 atom stereocenters. The summed E-state index contributed by atoms with van der Waals surface area (Å²) in [6.07, 6.45) is 1.88. The number of H-pyrrole nitrogens is 1. The van der Waals surface area contributed by atoms with E-state index in [1.807, 2.05) is 0 Å². The summed E-state index contributed by atoms with van der Waals surface area (Å²) in [5, 5.41) is 9.76. The third-order valence-corrected chi connectivity index (χ3v) is 3.71. The summed E-state index contributed by atoms with van der Waals surface area (Å²) in [6.45, 7) is 1.42. The van der Waals surface area contributed by atoms with E-state index >= 15 is 0 Å². The van der Waals surface area contributed by atoms with Gasteiger partial charge in [-0.3, -0.25) is 4.79 Å². The van der Waals surface area contributed by atoms with Crippen LogP contribution in [0.2, 0.25) is 10.2 Å². The summed E-state index contributed by atoms with van der Waals surface area (Å²) in [6, 6.07) is 1.54. The average molecular weight is 277 g/mol. The molecule has 1 aromatic heterocycles. The van der Waals surface area contributed by atoms with Crippen LogP contribution in [0.5, 0.6) is 0 Å². The Bertz CT molecular complexity index is 400. The first-order chi connectivity index (χ1) is 8.11. The van der Waals surface area contributed by atoms with Crippen molar-refractivity contribution in [3.05, 3.63) is 21.9 Å². The third-order valence-electron chi connectivity index (χ3n) is 3.02. The van der Waals surface area contributed by atoms with E-state index in [-0.39, 0.29) is 23.6 Å². The van der Waals surface area contributed by atoms with E-state index in [1.165, 1.54) is 6.07 Å². The van der Waals surface area contributed by atoms with Crippen molar-refractivity contribution >= 4 is 29.1 Å². The van der Waals surface area contributed by atoms with E-state index in [4.69, 9.17) is 28.3 Å². The number of aromatic nitrogens is 1. The molecule has 0 spiro atoms. The molecule has 0 aliphatic carbocycles. The highest BCUT2D eigenvalue weighted by atomic mass is 35.5. The highest BCUT2D eigenvalue weighted by Crippen LogP contribution is 2.24.